The summed E-state index contributed by atoms with van der Waals surface area (Å²) in [5, 5.41) is 11.7. The molecule has 0 radical (unpaired) electrons. The predicted octanol–water partition coefficient (Wildman–Crippen LogP) is 2.64. The Labute approximate surface area is 140 Å². The fourth-order valence-electron chi connectivity index (χ4n) is 2.62. The van der Waals surface area contributed by atoms with Crippen LogP contribution in [0.25, 0.3) is 11.6 Å². The van der Waals surface area contributed by atoms with Crippen LogP contribution in [-0.4, -0.2) is 29.7 Å². The van der Waals surface area contributed by atoms with E-state index in [2.05, 4.69) is 22.1 Å². The number of ether oxygens (including phenoxy) is 1. The van der Waals surface area contributed by atoms with E-state index in [0.29, 0.717) is 24.2 Å². The lowest BCUT2D eigenvalue weighted by Crippen LogP contribution is -2.03. The van der Waals surface area contributed by atoms with Gasteiger partial charge in [-0.1, -0.05) is 17.9 Å². The lowest BCUT2D eigenvalue weighted by atomic mass is 9.99. The third kappa shape index (κ3) is 3.05. The van der Waals surface area contributed by atoms with Crippen molar-refractivity contribution < 1.29 is 14.6 Å². The molecule has 2 aromatic rings. The second kappa shape index (κ2) is 7.07. The Kier molecular flexibility index (Phi) is 4.69. The van der Waals surface area contributed by atoms with Gasteiger partial charge >= 0.3 is 0 Å². The Hall–Kier alpha value is -2.97. The Morgan fingerprint density at radius 1 is 1.33 bits per heavy atom. The van der Waals surface area contributed by atoms with E-state index in [1.165, 1.54) is 0 Å². The van der Waals surface area contributed by atoms with Gasteiger partial charge in [0.1, 0.15) is 5.75 Å². The minimum absolute atomic E-state index is 0.124. The number of anilines is 1. The Balaban J connectivity index is 2.03. The maximum Gasteiger partial charge on any atom is 0.256 e. The summed E-state index contributed by atoms with van der Waals surface area (Å²) in [6, 6.07) is 7.43. The highest BCUT2D eigenvalue weighted by molar-refractivity contribution is 6.35. The number of carbonyl (C=O) groups excluding carboxylic acids is 1. The molecule has 0 saturated carbocycles. The Morgan fingerprint density at radius 3 is 3.00 bits per heavy atom. The van der Waals surface area contributed by atoms with Gasteiger partial charge in [-0.25, -0.2) is 0 Å². The van der Waals surface area contributed by atoms with E-state index in [9.17, 15) is 4.79 Å². The fourth-order valence-corrected chi connectivity index (χ4v) is 2.62. The van der Waals surface area contributed by atoms with E-state index in [1.807, 2.05) is 18.2 Å². The first-order valence-electron chi connectivity index (χ1n) is 7.72. The molecule has 1 aromatic carbocycles. The molecule has 1 aliphatic rings. The van der Waals surface area contributed by atoms with Crippen molar-refractivity contribution in [3.8, 4) is 17.6 Å². The van der Waals surface area contributed by atoms with Gasteiger partial charge in [0.25, 0.3) is 5.91 Å². The number of carbonyl (C=O) groups is 1. The maximum absolute atomic E-state index is 12.4. The summed E-state index contributed by atoms with van der Waals surface area (Å²) >= 11 is 0. The van der Waals surface area contributed by atoms with Crippen LogP contribution in [0, 0.1) is 11.8 Å². The lowest BCUT2D eigenvalue weighted by Gasteiger charge is -2.03. The highest BCUT2D eigenvalue weighted by Gasteiger charge is 2.26. The van der Waals surface area contributed by atoms with Crippen molar-refractivity contribution in [3.05, 3.63) is 47.3 Å². The van der Waals surface area contributed by atoms with Crippen molar-refractivity contribution in [1.82, 2.24) is 4.98 Å². The molecule has 1 aliphatic heterocycles. The van der Waals surface area contributed by atoms with Crippen LogP contribution in [0.5, 0.6) is 5.75 Å². The van der Waals surface area contributed by atoms with Gasteiger partial charge in [0.15, 0.2) is 0 Å². The van der Waals surface area contributed by atoms with E-state index in [0.717, 1.165) is 22.5 Å². The van der Waals surface area contributed by atoms with E-state index in [4.69, 9.17) is 9.84 Å². The first-order chi connectivity index (χ1) is 11.7. The molecule has 24 heavy (non-hydrogen) atoms. The predicted molar refractivity (Wildman–Crippen MR) is 93.5 cm³/mol. The van der Waals surface area contributed by atoms with Crippen LogP contribution in [0.4, 0.5) is 5.69 Å². The van der Waals surface area contributed by atoms with Gasteiger partial charge in [-0.15, -0.1) is 0 Å². The van der Waals surface area contributed by atoms with Gasteiger partial charge in [-0.3, -0.25) is 4.79 Å². The van der Waals surface area contributed by atoms with Gasteiger partial charge in [-0.05, 0) is 30.7 Å². The summed E-state index contributed by atoms with van der Waals surface area (Å²) in [6.45, 7) is 0.124. The monoisotopic (exact) mass is 322 g/mol. The second-order valence-corrected chi connectivity index (χ2v) is 5.33. The molecule has 1 amide bonds. The van der Waals surface area contributed by atoms with Gasteiger partial charge in [0.2, 0.25) is 0 Å². The summed E-state index contributed by atoms with van der Waals surface area (Å²) in [4.78, 5) is 15.4. The van der Waals surface area contributed by atoms with Crippen LogP contribution < -0.4 is 10.1 Å². The van der Waals surface area contributed by atoms with Crippen molar-refractivity contribution >= 4 is 23.2 Å². The molecule has 5 nitrogen and oxygen atoms in total. The topological polar surface area (TPSA) is 74.4 Å². The van der Waals surface area contributed by atoms with Crippen LogP contribution in [0.1, 0.15) is 29.7 Å². The van der Waals surface area contributed by atoms with Crippen LogP contribution in [-0.2, 0) is 4.79 Å². The van der Waals surface area contributed by atoms with E-state index < -0.39 is 0 Å². The molecule has 0 unspecified atom stereocenters. The number of fused-ring (bicyclic) bond motifs is 1. The highest BCUT2D eigenvalue weighted by Crippen LogP contribution is 2.36. The van der Waals surface area contributed by atoms with Gasteiger partial charge < -0.3 is 20.1 Å². The molecule has 0 saturated heterocycles. The molecule has 0 fully saturated rings. The number of amides is 1. The molecule has 5 heteroatoms. The number of aliphatic hydroxyl groups is 1. The normalized spacial score (nSPS) is 14.1. The molecule has 0 spiro atoms. The van der Waals surface area contributed by atoms with Crippen LogP contribution in [0.15, 0.2) is 30.5 Å². The number of hydrogen-bond acceptors (Lipinski definition) is 3. The van der Waals surface area contributed by atoms with Crippen molar-refractivity contribution in [2.45, 2.75) is 12.8 Å². The van der Waals surface area contributed by atoms with Gasteiger partial charge in [0.05, 0.1) is 24.1 Å². The molecular weight excluding hydrogens is 304 g/mol. The molecule has 1 aromatic heterocycles. The minimum atomic E-state index is -0.161. The molecule has 122 valence electrons. The number of aromatic nitrogens is 1. The number of hydrogen-bond donors (Lipinski definition) is 3. The summed E-state index contributed by atoms with van der Waals surface area (Å²) in [5.74, 6) is 6.66. The Bertz CT molecular complexity index is 853. The van der Waals surface area contributed by atoms with Crippen molar-refractivity contribution in [2.24, 2.45) is 0 Å². The molecule has 0 atom stereocenters. The highest BCUT2D eigenvalue weighted by atomic mass is 16.5. The molecule has 0 bridgehead atoms. The number of benzene rings is 1. The number of H-pyrrole nitrogens is 1. The summed E-state index contributed by atoms with van der Waals surface area (Å²) in [5.41, 5.74) is 3.64. The van der Waals surface area contributed by atoms with Crippen molar-refractivity contribution in [3.63, 3.8) is 0 Å². The van der Waals surface area contributed by atoms with Crippen LogP contribution >= 0.6 is 0 Å². The average Bonchev–Trinajstić information content (AvgIpc) is 3.16. The number of rotatable bonds is 4. The van der Waals surface area contributed by atoms with Crippen molar-refractivity contribution in [1.29, 1.82) is 0 Å². The first kappa shape index (κ1) is 15.9. The number of aromatic amines is 1. The maximum atomic E-state index is 12.4. The quantitative estimate of drug-likeness (QED) is 0.460. The van der Waals surface area contributed by atoms with E-state index >= 15 is 0 Å². The summed E-state index contributed by atoms with van der Waals surface area (Å²) < 4.78 is 5.28. The Morgan fingerprint density at radius 2 is 2.21 bits per heavy atom. The van der Waals surface area contributed by atoms with Crippen LogP contribution in [0.2, 0.25) is 0 Å². The number of unbranched alkanes of at least 4 members (excludes halogenated alkanes) is 1. The standard InChI is InChI=1S/C19H18N2O3/c1-24-17-9-10-20-16(17)12-14-18-13(6-3-2-4-11-22)7-5-8-15(18)21-19(14)23/h5,7-10,12,20,22H,2,4,11H2,1H3,(H,21,23)/b14-12-. The van der Waals surface area contributed by atoms with Gasteiger partial charge in [0, 0.05) is 30.4 Å². The smallest absolute Gasteiger partial charge is 0.256 e. The van der Waals surface area contributed by atoms with Crippen molar-refractivity contribution in [2.75, 3.05) is 19.0 Å². The fraction of sp³-hybridized carbons (Fsp3) is 0.211. The number of methoxy groups -OCH3 is 1. The SMILES string of the molecule is COc1cc[nH]c1/C=C1\C(=O)Nc2cccc(C#CCCCO)c21. The number of nitrogens with one attached hydrogen (secondary N) is 2. The van der Waals surface area contributed by atoms with Gasteiger partial charge in [-0.2, -0.15) is 0 Å². The molecule has 3 rings (SSSR count). The average molecular weight is 322 g/mol. The lowest BCUT2D eigenvalue weighted by molar-refractivity contribution is -0.110. The zero-order chi connectivity index (χ0) is 16.9. The summed E-state index contributed by atoms with van der Waals surface area (Å²) in [7, 11) is 1.59. The first-order valence-corrected chi connectivity index (χ1v) is 7.72. The minimum Gasteiger partial charge on any atom is -0.495 e. The summed E-state index contributed by atoms with van der Waals surface area (Å²) in [6.07, 6.45) is 4.80. The zero-order valence-electron chi connectivity index (χ0n) is 13.3. The third-order valence-corrected chi connectivity index (χ3v) is 3.76. The number of aliphatic hydroxyl groups excluding tert-OH is 1. The van der Waals surface area contributed by atoms with E-state index in [-0.39, 0.29) is 12.5 Å². The molecule has 0 aliphatic carbocycles. The molecule has 2 heterocycles. The zero-order valence-corrected chi connectivity index (χ0v) is 13.3. The molecule has 3 N–H and O–H groups in total. The second-order valence-electron chi connectivity index (χ2n) is 5.33. The van der Waals surface area contributed by atoms with Crippen LogP contribution in [0.3, 0.4) is 0 Å². The largest absolute Gasteiger partial charge is 0.495 e. The molecular formula is C19H18N2O3. The third-order valence-electron chi connectivity index (χ3n) is 3.76. The van der Waals surface area contributed by atoms with E-state index in [1.54, 1.807) is 25.4 Å².